The fourth-order valence-corrected chi connectivity index (χ4v) is 5.02. The van der Waals surface area contributed by atoms with Crippen molar-refractivity contribution in [3.63, 3.8) is 0 Å². The molecule has 0 aliphatic rings. The molecule has 3 nitrogen and oxygen atoms in total. The van der Waals surface area contributed by atoms with E-state index in [-0.39, 0.29) is 0 Å². The second-order valence-electron chi connectivity index (χ2n) is 7.95. The number of hydrogen-bond acceptors (Lipinski definition) is 3. The zero-order chi connectivity index (χ0) is 22.1. The summed E-state index contributed by atoms with van der Waals surface area (Å²) in [4.78, 5) is 9.58. The van der Waals surface area contributed by atoms with Crippen LogP contribution in [0.1, 0.15) is 40.6 Å². The van der Waals surface area contributed by atoms with Crippen molar-refractivity contribution in [2.75, 3.05) is 13.3 Å². The van der Waals surface area contributed by atoms with Crippen molar-refractivity contribution in [1.82, 2.24) is 8.96 Å². The van der Waals surface area contributed by atoms with Gasteiger partial charge in [0.25, 0.3) is 0 Å². The molecule has 0 bridgehead atoms. The van der Waals surface area contributed by atoms with Gasteiger partial charge in [0, 0.05) is 18.9 Å². The SMILES string of the molecule is CCc1cc(-c2ccc(C(=NC)c3nc4ccccc4n3SC)c(C)c2)c(C)cc1C. The molecular formula is C27H29N3S. The molecule has 0 atom stereocenters. The first-order valence-electron chi connectivity index (χ1n) is 10.7. The van der Waals surface area contributed by atoms with Crippen LogP contribution in [0.15, 0.2) is 59.6 Å². The molecule has 0 fully saturated rings. The maximum atomic E-state index is 4.91. The Hall–Kier alpha value is -2.85. The molecule has 3 aromatic carbocycles. The first kappa shape index (κ1) is 21.4. The Kier molecular flexibility index (Phi) is 6.01. The molecule has 4 heteroatoms. The molecule has 0 N–H and O–H groups in total. The van der Waals surface area contributed by atoms with Crippen molar-refractivity contribution in [2.24, 2.45) is 4.99 Å². The summed E-state index contributed by atoms with van der Waals surface area (Å²) in [6, 6.07) is 19.6. The number of rotatable bonds is 5. The van der Waals surface area contributed by atoms with Crippen molar-refractivity contribution in [1.29, 1.82) is 0 Å². The summed E-state index contributed by atoms with van der Waals surface area (Å²) in [5.74, 6) is 0.895. The molecule has 0 aliphatic carbocycles. The smallest absolute Gasteiger partial charge is 0.170 e. The number of benzene rings is 3. The average molecular weight is 428 g/mol. The van der Waals surface area contributed by atoms with Crippen LogP contribution in [-0.2, 0) is 6.42 Å². The monoisotopic (exact) mass is 427 g/mol. The number of nitrogens with zero attached hydrogens (tertiary/aromatic N) is 3. The maximum absolute atomic E-state index is 4.91. The first-order chi connectivity index (χ1) is 15.0. The van der Waals surface area contributed by atoms with E-state index >= 15 is 0 Å². The third-order valence-corrected chi connectivity index (χ3v) is 6.73. The van der Waals surface area contributed by atoms with Crippen LogP contribution >= 0.6 is 11.9 Å². The van der Waals surface area contributed by atoms with Gasteiger partial charge >= 0.3 is 0 Å². The molecule has 1 heterocycles. The Morgan fingerprint density at radius 1 is 0.968 bits per heavy atom. The summed E-state index contributed by atoms with van der Waals surface area (Å²) in [7, 11) is 1.85. The van der Waals surface area contributed by atoms with Gasteiger partial charge in [-0.25, -0.2) is 4.98 Å². The molecule has 4 aromatic rings. The standard InChI is InChI=1S/C27H29N3S/c1-7-20-16-23(18(3)14-17(20)2)21-12-13-22(19(4)15-21)26(28-5)27-29-24-10-8-9-11-25(24)30(27)31-6/h8-16H,7H2,1-6H3. The molecule has 0 radical (unpaired) electrons. The fraction of sp³-hybridized carbons (Fsp3) is 0.259. The Morgan fingerprint density at radius 2 is 1.74 bits per heavy atom. The minimum absolute atomic E-state index is 0.895. The van der Waals surface area contributed by atoms with Gasteiger partial charge in [0.2, 0.25) is 0 Å². The van der Waals surface area contributed by atoms with E-state index in [1.165, 1.54) is 33.4 Å². The second-order valence-corrected chi connectivity index (χ2v) is 8.68. The van der Waals surface area contributed by atoms with Crippen molar-refractivity contribution in [3.05, 3.63) is 88.2 Å². The predicted octanol–water partition coefficient (Wildman–Crippen LogP) is 6.78. The Morgan fingerprint density at radius 3 is 2.42 bits per heavy atom. The highest BCUT2D eigenvalue weighted by atomic mass is 32.2. The number of aliphatic imine (C=N–C) groups is 1. The van der Waals surface area contributed by atoms with Gasteiger partial charge in [0.15, 0.2) is 5.82 Å². The normalized spacial score (nSPS) is 12.0. The van der Waals surface area contributed by atoms with Crippen LogP contribution in [-0.4, -0.2) is 28.0 Å². The highest BCUT2D eigenvalue weighted by molar-refractivity contribution is 7.97. The van der Waals surface area contributed by atoms with Crippen molar-refractivity contribution < 1.29 is 0 Å². The lowest BCUT2D eigenvalue weighted by Gasteiger charge is -2.15. The lowest BCUT2D eigenvalue weighted by atomic mass is 9.91. The zero-order valence-corrected chi connectivity index (χ0v) is 20.0. The number of aromatic nitrogens is 2. The third-order valence-electron chi connectivity index (χ3n) is 5.99. The van der Waals surface area contributed by atoms with Gasteiger partial charge in [-0.3, -0.25) is 8.96 Å². The summed E-state index contributed by atoms with van der Waals surface area (Å²) >= 11 is 1.66. The van der Waals surface area contributed by atoms with Crippen LogP contribution in [0.5, 0.6) is 0 Å². The number of para-hydroxylation sites is 2. The number of imidazole rings is 1. The lowest BCUT2D eigenvalue weighted by molar-refractivity contribution is 1.10. The number of fused-ring (bicyclic) bond motifs is 1. The Labute approximate surface area is 189 Å². The largest absolute Gasteiger partial charge is 0.284 e. The van der Waals surface area contributed by atoms with E-state index in [0.29, 0.717) is 0 Å². The molecule has 0 saturated heterocycles. The quantitative estimate of drug-likeness (QED) is 0.328. The van der Waals surface area contributed by atoms with E-state index in [1.54, 1.807) is 11.9 Å². The van der Waals surface area contributed by atoms with E-state index < -0.39 is 0 Å². The molecule has 0 unspecified atom stereocenters. The molecule has 0 spiro atoms. The summed E-state index contributed by atoms with van der Waals surface area (Å²) in [6.45, 7) is 8.79. The van der Waals surface area contributed by atoms with Crippen molar-refractivity contribution in [3.8, 4) is 11.1 Å². The van der Waals surface area contributed by atoms with Crippen LogP contribution < -0.4 is 0 Å². The molecule has 0 aliphatic heterocycles. The van der Waals surface area contributed by atoms with Crippen LogP contribution in [0, 0.1) is 20.8 Å². The minimum Gasteiger partial charge on any atom is -0.284 e. The van der Waals surface area contributed by atoms with E-state index in [9.17, 15) is 0 Å². The zero-order valence-electron chi connectivity index (χ0n) is 19.2. The topological polar surface area (TPSA) is 30.2 Å². The molecular weight excluding hydrogens is 398 g/mol. The van der Waals surface area contributed by atoms with Crippen LogP contribution in [0.4, 0.5) is 0 Å². The Bertz CT molecular complexity index is 1300. The summed E-state index contributed by atoms with van der Waals surface area (Å²) in [6.07, 6.45) is 3.13. The molecule has 0 amide bonds. The van der Waals surface area contributed by atoms with E-state index in [0.717, 1.165) is 34.6 Å². The maximum Gasteiger partial charge on any atom is 0.170 e. The molecule has 4 rings (SSSR count). The van der Waals surface area contributed by atoms with Gasteiger partial charge in [-0.1, -0.05) is 49.4 Å². The highest BCUT2D eigenvalue weighted by Crippen LogP contribution is 2.30. The second kappa shape index (κ2) is 8.72. The molecule has 0 saturated carbocycles. The van der Waals surface area contributed by atoms with Gasteiger partial charge in [-0.15, -0.1) is 0 Å². The summed E-state index contributed by atoms with van der Waals surface area (Å²) in [5.41, 5.74) is 12.0. The van der Waals surface area contributed by atoms with Gasteiger partial charge < -0.3 is 0 Å². The van der Waals surface area contributed by atoms with Crippen LogP contribution in [0.3, 0.4) is 0 Å². The van der Waals surface area contributed by atoms with E-state index in [1.807, 2.05) is 13.1 Å². The van der Waals surface area contributed by atoms with E-state index in [4.69, 9.17) is 4.98 Å². The first-order valence-corrected chi connectivity index (χ1v) is 11.9. The van der Waals surface area contributed by atoms with Crippen LogP contribution in [0.25, 0.3) is 22.2 Å². The third kappa shape index (κ3) is 3.81. The number of aryl methyl sites for hydroxylation is 4. The summed E-state index contributed by atoms with van der Waals surface area (Å²) in [5, 5.41) is 0. The minimum atomic E-state index is 0.895. The molecule has 158 valence electrons. The van der Waals surface area contributed by atoms with Crippen LogP contribution in [0.2, 0.25) is 0 Å². The van der Waals surface area contributed by atoms with Gasteiger partial charge in [-0.2, -0.15) is 0 Å². The number of hydrogen-bond donors (Lipinski definition) is 0. The average Bonchev–Trinajstić information content (AvgIpc) is 3.13. The van der Waals surface area contributed by atoms with Gasteiger partial charge in [0.05, 0.1) is 11.0 Å². The predicted molar refractivity (Wildman–Crippen MR) is 136 cm³/mol. The Balaban J connectivity index is 1.82. The van der Waals surface area contributed by atoms with Gasteiger partial charge in [-0.05, 0) is 84.7 Å². The van der Waals surface area contributed by atoms with E-state index in [2.05, 4.69) is 91.4 Å². The van der Waals surface area contributed by atoms with Crippen molar-refractivity contribution >= 4 is 28.7 Å². The molecule has 31 heavy (non-hydrogen) atoms. The van der Waals surface area contributed by atoms with Crippen molar-refractivity contribution in [2.45, 2.75) is 34.1 Å². The highest BCUT2D eigenvalue weighted by Gasteiger charge is 2.19. The lowest BCUT2D eigenvalue weighted by Crippen LogP contribution is -2.11. The van der Waals surface area contributed by atoms with Gasteiger partial charge in [0.1, 0.15) is 5.71 Å². The molecule has 1 aromatic heterocycles. The summed E-state index contributed by atoms with van der Waals surface area (Å²) < 4.78 is 2.17. The fourth-order valence-electron chi connectivity index (χ4n) is 4.36.